The lowest BCUT2D eigenvalue weighted by molar-refractivity contribution is -0.120. The molecule has 1 aliphatic heterocycles. The Labute approximate surface area is 160 Å². The molecule has 0 aliphatic carbocycles. The highest BCUT2D eigenvalue weighted by atomic mass is 32.2. The van der Waals surface area contributed by atoms with Crippen molar-refractivity contribution in [2.75, 3.05) is 18.4 Å². The number of rotatable bonds is 4. The zero-order valence-electron chi connectivity index (χ0n) is 16.2. The summed E-state index contributed by atoms with van der Waals surface area (Å²) >= 11 is 0. The lowest BCUT2D eigenvalue weighted by Gasteiger charge is -2.30. The van der Waals surface area contributed by atoms with Gasteiger partial charge in [-0.05, 0) is 51.7 Å². The Morgan fingerprint density at radius 2 is 1.74 bits per heavy atom. The van der Waals surface area contributed by atoms with Crippen molar-refractivity contribution in [1.29, 1.82) is 0 Å². The molecule has 1 fully saturated rings. The van der Waals surface area contributed by atoms with Gasteiger partial charge in [-0.3, -0.25) is 9.89 Å². The van der Waals surface area contributed by atoms with E-state index in [0.29, 0.717) is 37.3 Å². The Hall–Kier alpha value is -2.19. The molecule has 0 saturated carbocycles. The third-order valence-corrected chi connectivity index (χ3v) is 7.37. The number of carbonyl (C=O) groups excluding carboxylic acids is 1. The summed E-state index contributed by atoms with van der Waals surface area (Å²) in [4.78, 5) is 12.9. The summed E-state index contributed by atoms with van der Waals surface area (Å²) in [5.41, 5.74) is 3.91. The number of aryl methyl sites for hydroxylation is 4. The molecule has 1 aromatic heterocycles. The molecule has 7 nitrogen and oxygen atoms in total. The van der Waals surface area contributed by atoms with Gasteiger partial charge in [0.05, 0.1) is 11.4 Å². The molecule has 1 amide bonds. The molecule has 8 heteroatoms. The Morgan fingerprint density at radius 1 is 1.15 bits per heavy atom. The lowest BCUT2D eigenvalue weighted by atomic mass is 9.96. The topological polar surface area (TPSA) is 95.2 Å². The van der Waals surface area contributed by atoms with Crippen LogP contribution in [0.3, 0.4) is 0 Å². The first kappa shape index (κ1) is 19.6. The van der Waals surface area contributed by atoms with Gasteiger partial charge < -0.3 is 5.32 Å². The zero-order valence-corrected chi connectivity index (χ0v) is 17.0. The van der Waals surface area contributed by atoms with Crippen molar-refractivity contribution < 1.29 is 13.2 Å². The summed E-state index contributed by atoms with van der Waals surface area (Å²) in [5.74, 6) is -0.234. The van der Waals surface area contributed by atoms with E-state index in [9.17, 15) is 13.2 Å². The normalized spacial score (nSPS) is 16.4. The van der Waals surface area contributed by atoms with E-state index in [1.165, 1.54) is 4.31 Å². The van der Waals surface area contributed by atoms with Crippen LogP contribution in [0.5, 0.6) is 0 Å². The molecular weight excluding hydrogens is 364 g/mol. The third-order valence-electron chi connectivity index (χ3n) is 5.21. The first-order valence-corrected chi connectivity index (χ1v) is 10.5. The van der Waals surface area contributed by atoms with Gasteiger partial charge in [0, 0.05) is 24.7 Å². The molecule has 146 valence electrons. The number of sulfonamides is 1. The predicted molar refractivity (Wildman–Crippen MR) is 104 cm³/mol. The number of aromatic amines is 1. The number of aromatic nitrogens is 2. The van der Waals surface area contributed by atoms with Gasteiger partial charge in [0.25, 0.3) is 0 Å². The fraction of sp³-hybridized carbons (Fsp3) is 0.474. The number of para-hydroxylation sites is 1. The highest BCUT2D eigenvalue weighted by Crippen LogP contribution is 2.28. The Kier molecular flexibility index (Phi) is 5.39. The first-order valence-electron chi connectivity index (χ1n) is 9.10. The van der Waals surface area contributed by atoms with Crippen molar-refractivity contribution in [3.05, 3.63) is 40.7 Å². The van der Waals surface area contributed by atoms with E-state index in [4.69, 9.17) is 0 Å². The number of benzene rings is 1. The average Bonchev–Trinajstić information content (AvgIpc) is 2.97. The van der Waals surface area contributed by atoms with E-state index < -0.39 is 10.0 Å². The SMILES string of the molecule is Cc1cccc(C)c1NC(=O)C1CCN(S(=O)(=O)c2c(C)n[nH]c2C)CC1. The van der Waals surface area contributed by atoms with Crippen molar-refractivity contribution in [3.63, 3.8) is 0 Å². The Balaban J connectivity index is 1.68. The van der Waals surface area contributed by atoms with Crippen LogP contribution in [0, 0.1) is 33.6 Å². The maximum Gasteiger partial charge on any atom is 0.246 e. The molecule has 27 heavy (non-hydrogen) atoms. The Morgan fingerprint density at radius 3 is 2.26 bits per heavy atom. The second kappa shape index (κ2) is 7.44. The Bertz CT molecular complexity index is 918. The molecular formula is C19H26N4O3S. The summed E-state index contributed by atoms with van der Waals surface area (Å²) in [5, 5.41) is 9.74. The smallest absolute Gasteiger partial charge is 0.246 e. The zero-order chi connectivity index (χ0) is 19.8. The van der Waals surface area contributed by atoms with Crippen molar-refractivity contribution in [1.82, 2.24) is 14.5 Å². The van der Waals surface area contributed by atoms with Gasteiger partial charge in [-0.1, -0.05) is 18.2 Å². The summed E-state index contributed by atoms with van der Waals surface area (Å²) in [7, 11) is -3.59. The van der Waals surface area contributed by atoms with E-state index in [1.807, 2.05) is 32.0 Å². The molecule has 2 heterocycles. The summed E-state index contributed by atoms with van der Waals surface area (Å²) in [6.07, 6.45) is 1.01. The molecule has 1 aromatic carbocycles. The highest BCUT2D eigenvalue weighted by molar-refractivity contribution is 7.89. The highest BCUT2D eigenvalue weighted by Gasteiger charge is 2.34. The van der Waals surface area contributed by atoms with Gasteiger partial charge in [-0.25, -0.2) is 8.42 Å². The average molecular weight is 391 g/mol. The fourth-order valence-electron chi connectivity index (χ4n) is 3.65. The minimum atomic E-state index is -3.59. The van der Waals surface area contributed by atoms with E-state index in [2.05, 4.69) is 15.5 Å². The molecule has 3 rings (SSSR count). The number of amides is 1. The molecule has 1 aliphatic rings. The van der Waals surface area contributed by atoms with Crippen LogP contribution in [-0.2, 0) is 14.8 Å². The largest absolute Gasteiger partial charge is 0.325 e. The van der Waals surface area contributed by atoms with Crippen LogP contribution in [0.15, 0.2) is 23.1 Å². The van der Waals surface area contributed by atoms with Gasteiger partial charge in [-0.15, -0.1) is 0 Å². The fourth-order valence-corrected chi connectivity index (χ4v) is 5.45. The number of piperidine rings is 1. The molecule has 1 saturated heterocycles. The second-order valence-corrected chi connectivity index (χ2v) is 9.07. The molecule has 0 bridgehead atoms. The summed E-state index contributed by atoms with van der Waals surface area (Å²) in [6.45, 7) is 7.98. The van der Waals surface area contributed by atoms with Crippen LogP contribution in [0.1, 0.15) is 35.4 Å². The number of hydrogen-bond acceptors (Lipinski definition) is 4. The van der Waals surface area contributed by atoms with Crippen molar-refractivity contribution in [2.24, 2.45) is 5.92 Å². The van der Waals surface area contributed by atoms with Gasteiger partial charge in [0.1, 0.15) is 4.90 Å². The van der Waals surface area contributed by atoms with E-state index >= 15 is 0 Å². The van der Waals surface area contributed by atoms with Crippen LogP contribution >= 0.6 is 0 Å². The van der Waals surface area contributed by atoms with Crippen LogP contribution in [0.4, 0.5) is 5.69 Å². The van der Waals surface area contributed by atoms with Gasteiger partial charge in [0.15, 0.2) is 0 Å². The number of anilines is 1. The summed E-state index contributed by atoms with van der Waals surface area (Å²) < 4.78 is 27.3. The minimum absolute atomic E-state index is 0.0416. The van der Waals surface area contributed by atoms with E-state index in [1.54, 1.807) is 13.8 Å². The molecule has 0 unspecified atom stereocenters. The third kappa shape index (κ3) is 3.77. The predicted octanol–water partition coefficient (Wildman–Crippen LogP) is 2.68. The molecule has 0 spiro atoms. The number of carbonyl (C=O) groups is 1. The molecule has 0 atom stereocenters. The van der Waals surface area contributed by atoms with E-state index in [0.717, 1.165) is 16.8 Å². The standard InChI is InChI=1S/C19H26N4O3S/c1-12-6-5-7-13(2)17(12)20-19(24)16-8-10-23(11-9-16)27(25,26)18-14(3)21-22-15(18)4/h5-7,16H,8-11H2,1-4H3,(H,20,24)(H,21,22). The van der Waals surface area contributed by atoms with Crippen molar-refractivity contribution in [2.45, 2.75) is 45.4 Å². The van der Waals surface area contributed by atoms with Crippen LogP contribution in [-0.4, -0.2) is 41.9 Å². The number of H-pyrrole nitrogens is 1. The number of nitrogens with zero attached hydrogens (tertiary/aromatic N) is 2. The first-order chi connectivity index (χ1) is 12.7. The van der Waals surface area contributed by atoms with Crippen LogP contribution in [0.2, 0.25) is 0 Å². The van der Waals surface area contributed by atoms with Crippen molar-refractivity contribution >= 4 is 21.6 Å². The van der Waals surface area contributed by atoms with Gasteiger partial charge in [-0.2, -0.15) is 9.40 Å². The van der Waals surface area contributed by atoms with Crippen LogP contribution in [0.25, 0.3) is 0 Å². The number of hydrogen-bond donors (Lipinski definition) is 2. The van der Waals surface area contributed by atoms with Gasteiger partial charge >= 0.3 is 0 Å². The second-order valence-electron chi connectivity index (χ2n) is 7.20. The van der Waals surface area contributed by atoms with Gasteiger partial charge in [0.2, 0.25) is 15.9 Å². The molecule has 2 aromatic rings. The minimum Gasteiger partial charge on any atom is -0.325 e. The maximum atomic E-state index is 12.9. The monoisotopic (exact) mass is 390 g/mol. The molecule has 2 N–H and O–H groups in total. The lowest BCUT2D eigenvalue weighted by Crippen LogP contribution is -2.41. The number of nitrogens with one attached hydrogen (secondary N) is 2. The van der Waals surface area contributed by atoms with Crippen LogP contribution < -0.4 is 5.32 Å². The van der Waals surface area contributed by atoms with E-state index in [-0.39, 0.29) is 16.7 Å². The quantitative estimate of drug-likeness (QED) is 0.839. The summed E-state index contributed by atoms with van der Waals surface area (Å²) in [6, 6.07) is 5.89. The van der Waals surface area contributed by atoms with Crippen molar-refractivity contribution in [3.8, 4) is 0 Å². The molecule has 0 radical (unpaired) electrons. The maximum absolute atomic E-state index is 12.9.